The molecule has 2 nitrogen and oxygen atoms in total. The van der Waals surface area contributed by atoms with E-state index in [-0.39, 0.29) is 0 Å². The number of fused-ring (bicyclic) bond motifs is 1. The van der Waals surface area contributed by atoms with Gasteiger partial charge in [-0.15, -0.1) is 0 Å². The van der Waals surface area contributed by atoms with Crippen molar-refractivity contribution < 1.29 is 0 Å². The summed E-state index contributed by atoms with van der Waals surface area (Å²) in [6.07, 6.45) is 3.03. The molecular weight excluding hydrogens is 232 g/mol. The van der Waals surface area contributed by atoms with E-state index < -0.39 is 0 Å². The summed E-state index contributed by atoms with van der Waals surface area (Å²) in [5.74, 6) is 1.28. The van der Waals surface area contributed by atoms with E-state index in [0.717, 1.165) is 24.5 Å². The van der Waals surface area contributed by atoms with E-state index in [4.69, 9.17) is 0 Å². The minimum Gasteiger partial charge on any atom is -0.316 e. The van der Waals surface area contributed by atoms with E-state index in [9.17, 15) is 0 Å². The number of hydrogen-bond acceptors (Lipinski definition) is 2. The number of nitrogens with zero attached hydrogens (tertiary/aromatic N) is 1. The molecule has 0 spiro atoms. The molecule has 0 saturated heterocycles. The Balaban J connectivity index is 2.03. The summed E-state index contributed by atoms with van der Waals surface area (Å²) in [7, 11) is 0. The largest absolute Gasteiger partial charge is 0.316 e. The van der Waals surface area contributed by atoms with Gasteiger partial charge in [-0.3, -0.25) is 4.98 Å². The molecule has 0 aliphatic heterocycles. The standard InChI is InChI=1S/C17H24N2/c1-13(2)12-18-11-9-14(3)15-6-4-8-17-16(15)7-5-10-19-17/h4-8,10,13-14,18H,9,11-12H2,1-3H3. The molecule has 0 bridgehead atoms. The fraction of sp³-hybridized carbons (Fsp3) is 0.471. The molecule has 0 aliphatic rings. The Labute approximate surface area is 116 Å². The summed E-state index contributed by atoms with van der Waals surface area (Å²) in [4.78, 5) is 4.43. The molecule has 1 unspecified atom stereocenters. The van der Waals surface area contributed by atoms with Crippen molar-refractivity contribution >= 4 is 10.9 Å². The molecule has 0 radical (unpaired) electrons. The van der Waals surface area contributed by atoms with Crippen LogP contribution in [-0.2, 0) is 0 Å². The maximum atomic E-state index is 4.43. The Hall–Kier alpha value is -1.41. The zero-order valence-corrected chi connectivity index (χ0v) is 12.2. The molecule has 2 heteroatoms. The second-order valence-corrected chi connectivity index (χ2v) is 5.71. The minimum atomic E-state index is 0.563. The molecule has 1 N–H and O–H groups in total. The van der Waals surface area contributed by atoms with Crippen molar-refractivity contribution in [1.82, 2.24) is 10.3 Å². The Bertz CT molecular complexity index is 514. The summed E-state index contributed by atoms with van der Waals surface area (Å²) in [5, 5.41) is 4.81. The van der Waals surface area contributed by atoms with Crippen LogP contribution in [0.15, 0.2) is 36.5 Å². The fourth-order valence-corrected chi connectivity index (χ4v) is 2.42. The van der Waals surface area contributed by atoms with Gasteiger partial charge in [-0.25, -0.2) is 0 Å². The van der Waals surface area contributed by atoms with Gasteiger partial charge in [-0.05, 0) is 49.0 Å². The predicted molar refractivity (Wildman–Crippen MR) is 82.5 cm³/mol. The van der Waals surface area contributed by atoms with Crippen LogP contribution in [0.4, 0.5) is 0 Å². The summed E-state index contributed by atoms with van der Waals surface area (Å²) >= 11 is 0. The van der Waals surface area contributed by atoms with Gasteiger partial charge in [0, 0.05) is 11.6 Å². The van der Waals surface area contributed by atoms with Crippen LogP contribution in [0, 0.1) is 5.92 Å². The van der Waals surface area contributed by atoms with Gasteiger partial charge in [0.15, 0.2) is 0 Å². The SMILES string of the molecule is CC(C)CNCCC(C)c1cccc2ncccc12. The lowest BCUT2D eigenvalue weighted by atomic mass is 9.94. The van der Waals surface area contributed by atoms with Crippen LogP contribution in [-0.4, -0.2) is 18.1 Å². The summed E-state index contributed by atoms with van der Waals surface area (Å²) in [5.41, 5.74) is 2.51. The number of nitrogens with one attached hydrogen (secondary N) is 1. The Morgan fingerprint density at radius 1 is 1.11 bits per heavy atom. The third-order valence-electron chi connectivity index (χ3n) is 3.52. The highest BCUT2D eigenvalue weighted by atomic mass is 14.8. The van der Waals surface area contributed by atoms with Crippen LogP contribution in [0.2, 0.25) is 0 Å². The van der Waals surface area contributed by atoms with Crippen molar-refractivity contribution in [3.05, 3.63) is 42.1 Å². The van der Waals surface area contributed by atoms with Crippen molar-refractivity contribution in [3.63, 3.8) is 0 Å². The van der Waals surface area contributed by atoms with Crippen LogP contribution >= 0.6 is 0 Å². The first-order chi connectivity index (χ1) is 9.18. The molecule has 1 atom stereocenters. The van der Waals surface area contributed by atoms with Crippen molar-refractivity contribution in [2.45, 2.75) is 33.1 Å². The van der Waals surface area contributed by atoms with Crippen molar-refractivity contribution in [1.29, 1.82) is 0 Å². The molecule has 0 fully saturated rings. The van der Waals surface area contributed by atoms with Gasteiger partial charge in [-0.1, -0.05) is 39.0 Å². The zero-order chi connectivity index (χ0) is 13.7. The van der Waals surface area contributed by atoms with E-state index in [1.54, 1.807) is 0 Å². The van der Waals surface area contributed by atoms with E-state index in [1.165, 1.54) is 17.4 Å². The van der Waals surface area contributed by atoms with E-state index in [0.29, 0.717) is 5.92 Å². The number of hydrogen-bond donors (Lipinski definition) is 1. The Morgan fingerprint density at radius 2 is 1.95 bits per heavy atom. The third kappa shape index (κ3) is 3.77. The number of aromatic nitrogens is 1. The topological polar surface area (TPSA) is 24.9 Å². The normalized spacial score (nSPS) is 13.1. The van der Waals surface area contributed by atoms with E-state index in [1.807, 2.05) is 12.3 Å². The van der Waals surface area contributed by atoms with Crippen molar-refractivity contribution in [3.8, 4) is 0 Å². The predicted octanol–water partition coefficient (Wildman–Crippen LogP) is 3.97. The molecule has 1 heterocycles. The average molecular weight is 256 g/mol. The van der Waals surface area contributed by atoms with Gasteiger partial charge >= 0.3 is 0 Å². The van der Waals surface area contributed by atoms with Gasteiger partial charge < -0.3 is 5.32 Å². The molecule has 102 valence electrons. The second kappa shape index (κ2) is 6.67. The smallest absolute Gasteiger partial charge is 0.0704 e. The maximum Gasteiger partial charge on any atom is 0.0704 e. The fourth-order valence-electron chi connectivity index (χ4n) is 2.42. The first-order valence-electron chi connectivity index (χ1n) is 7.23. The van der Waals surface area contributed by atoms with Gasteiger partial charge in [0.05, 0.1) is 5.52 Å². The molecule has 0 saturated carbocycles. The van der Waals surface area contributed by atoms with Crippen LogP contribution in [0.25, 0.3) is 10.9 Å². The molecule has 1 aromatic carbocycles. The Morgan fingerprint density at radius 3 is 2.74 bits per heavy atom. The second-order valence-electron chi connectivity index (χ2n) is 5.71. The lowest BCUT2D eigenvalue weighted by molar-refractivity contribution is 0.525. The van der Waals surface area contributed by atoms with Gasteiger partial charge in [0.25, 0.3) is 0 Å². The van der Waals surface area contributed by atoms with Crippen LogP contribution in [0.3, 0.4) is 0 Å². The maximum absolute atomic E-state index is 4.43. The number of benzene rings is 1. The number of pyridine rings is 1. The molecule has 19 heavy (non-hydrogen) atoms. The van der Waals surface area contributed by atoms with E-state index in [2.05, 4.69) is 55.3 Å². The monoisotopic (exact) mass is 256 g/mol. The highest BCUT2D eigenvalue weighted by molar-refractivity contribution is 5.82. The minimum absolute atomic E-state index is 0.563. The van der Waals surface area contributed by atoms with Crippen LogP contribution in [0.1, 0.15) is 38.7 Å². The quantitative estimate of drug-likeness (QED) is 0.791. The summed E-state index contributed by atoms with van der Waals surface area (Å²) in [6, 6.07) is 10.6. The molecule has 0 aliphatic carbocycles. The van der Waals surface area contributed by atoms with Gasteiger partial charge in [-0.2, -0.15) is 0 Å². The first-order valence-corrected chi connectivity index (χ1v) is 7.23. The zero-order valence-electron chi connectivity index (χ0n) is 12.2. The summed E-state index contributed by atoms with van der Waals surface area (Å²) < 4.78 is 0. The molecule has 2 rings (SSSR count). The molecule has 1 aromatic heterocycles. The highest BCUT2D eigenvalue weighted by Crippen LogP contribution is 2.26. The molecule has 0 amide bonds. The van der Waals surface area contributed by atoms with Crippen molar-refractivity contribution in [2.75, 3.05) is 13.1 Å². The summed E-state index contributed by atoms with van der Waals surface area (Å²) in [6.45, 7) is 8.97. The van der Waals surface area contributed by atoms with Crippen LogP contribution in [0.5, 0.6) is 0 Å². The Kier molecular flexibility index (Phi) is 4.92. The molecule has 2 aromatic rings. The average Bonchev–Trinajstić information content (AvgIpc) is 2.42. The van der Waals surface area contributed by atoms with E-state index >= 15 is 0 Å². The van der Waals surface area contributed by atoms with Gasteiger partial charge in [0.1, 0.15) is 0 Å². The molecular formula is C17H24N2. The van der Waals surface area contributed by atoms with Crippen molar-refractivity contribution in [2.24, 2.45) is 5.92 Å². The first kappa shape index (κ1) is 14.0. The lowest BCUT2D eigenvalue weighted by Crippen LogP contribution is -2.21. The number of rotatable bonds is 6. The highest BCUT2D eigenvalue weighted by Gasteiger charge is 2.09. The van der Waals surface area contributed by atoms with Gasteiger partial charge in [0.2, 0.25) is 0 Å². The third-order valence-corrected chi connectivity index (χ3v) is 3.52. The van der Waals surface area contributed by atoms with Crippen LogP contribution < -0.4 is 5.32 Å². The lowest BCUT2D eigenvalue weighted by Gasteiger charge is -2.15.